The molecule has 2 unspecified atom stereocenters. The molecule has 18 heavy (non-hydrogen) atoms. The lowest BCUT2D eigenvalue weighted by molar-refractivity contribution is 0.360. The van der Waals surface area contributed by atoms with Crippen LogP contribution in [0.2, 0.25) is 0 Å². The first kappa shape index (κ1) is 13.4. The summed E-state index contributed by atoms with van der Waals surface area (Å²) in [6, 6.07) is 2.53. The summed E-state index contributed by atoms with van der Waals surface area (Å²) >= 11 is 0. The minimum Gasteiger partial charge on any atom is -0.314 e. The Bertz CT molecular complexity index is 521. The summed E-state index contributed by atoms with van der Waals surface area (Å²) in [4.78, 5) is 3.59. The molecule has 0 aliphatic carbocycles. The molecule has 1 aliphatic heterocycles. The standard InChI is InChI=1S/C11H16FN3O2S/c1-8-7-9(4-6-13-8)15-18(16,17)11-10(12)3-2-5-14-11/h2-3,5,8-9,13,15H,4,6-7H2,1H3. The summed E-state index contributed by atoms with van der Waals surface area (Å²) in [7, 11) is -3.88. The van der Waals surface area contributed by atoms with Crippen LogP contribution in [0.25, 0.3) is 0 Å². The number of piperidine rings is 1. The number of hydrogen-bond acceptors (Lipinski definition) is 4. The van der Waals surface area contributed by atoms with Gasteiger partial charge in [-0.25, -0.2) is 22.5 Å². The molecular weight excluding hydrogens is 257 g/mol. The third-order valence-corrected chi connectivity index (χ3v) is 4.38. The Morgan fingerprint density at radius 2 is 2.33 bits per heavy atom. The summed E-state index contributed by atoms with van der Waals surface area (Å²) in [5.41, 5.74) is 0. The second kappa shape index (κ2) is 5.29. The number of pyridine rings is 1. The van der Waals surface area contributed by atoms with Gasteiger partial charge in [0.25, 0.3) is 10.0 Å². The van der Waals surface area contributed by atoms with Crippen molar-refractivity contribution in [3.63, 3.8) is 0 Å². The van der Waals surface area contributed by atoms with Gasteiger partial charge in [-0.2, -0.15) is 0 Å². The van der Waals surface area contributed by atoms with Gasteiger partial charge < -0.3 is 5.32 Å². The molecule has 0 amide bonds. The minimum absolute atomic E-state index is 0.173. The third-order valence-electron chi connectivity index (χ3n) is 2.92. The molecule has 0 bridgehead atoms. The molecule has 2 N–H and O–H groups in total. The fourth-order valence-corrected chi connectivity index (χ4v) is 3.37. The van der Waals surface area contributed by atoms with Crippen LogP contribution in [0.3, 0.4) is 0 Å². The van der Waals surface area contributed by atoms with E-state index in [4.69, 9.17) is 0 Å². The van der Waals surface area contributed by atoms with Crippen molar-refractivity contribution in [2.75, 3.05) is 6.54 Å². The second-order valence-electron chi connectivity index (χ2n) is 4.49. The molecule has 2 heterocycles. The molecule has 1 saturated heterocycles. The predicted molar refractivity (Wildman–Crippen MR) is 65.0 cm³/mol. The van der Waals surface area contributed by atoms with Crippen LogP contribution < -0.4 is 10.0 Å². The highest BCUT2D eigenvalue weighted by Gasteiger charge is 2.27. The van der Waals surface area contributed by atoms with E-state index in [-0.39, 0.29) is 12.1 Å². The topological polar surface area (TPSA) is 71.1 Å². The van der Waals surface area contributed by atoms with Crippen LogP contribution in [0.5, 0.6) is 0 Å². The predicted octanol–water partition coefficient (Wildman–Crippen LogP) is 0.639. The van der Waals surface area contributed by atoms with E-state index in [1.54, 1.807) is 0 Å². The maximum absolute atomic E-state index is 13.4. The number of rotatable bonds is 3. The van der Waals surface area contributed by atoms with Gasteiger partial charge in [0.15, 0.2) is 5.82 Å². The highest BCUT2D eigenvalue weighted by molar-refractivity contribution is 7.89. The monoisotopic (exact) mass is 273 g/mol. The zero-order valence-electron chi connectivity index (χ0n) is 10.1. The maximum atomic E-state index is 13.4. The maximum Gasteiger partial charge on any atom is 0.261 e. The molecule has 0 radical (unpaired) electrons. The van der Waals surface area contributed by atoms with E-state index in [1.165, 1.54) is 12.3 Å². The van der Waals surface area contributed by atoms with Gasteiger partial charge in [-0.1, -0.05) is 0 Å². The highest BCUT2D eigenvalue weighted by Crippen LogP contribution is 2.14. The average molecular weight is 273 g/mol. The second-order valence-corrected chi connectivity index (χ2v) is 6.12. The molecule has 7 heteroatoms. The number of nitrogens with zero attached hydrogens (tertiary/aromatic N) is 1. The largest absolute Gasteiger partial charge is 0.314 e. The van der Waals surface area contributed by atoms with Gasteiger partial charge in [-0.05, 0) is 38.4 Å². The van der Waals surface area contributed by atoms with Gasteiger partial charge in [0.1, 0.15) is 0 Å². The Kier molecular flexibility index (Phi) is 3.94. The van der Waals surface area contributed by atoms with Crippen LogP contribution in [-0.2, 0) is 10.0 Å². The lowest BCUT2D eigenvalue weighted by Crippen LogP contribution is -2.46. The van der Waals surface area contributed by atoms with Crippen LogP contribution in [0.1, 0.15) is 19.8 Å². The molecule has 1 aliphatic rings. The van der Waals surface area contributed by atoms with Crippen molar-refractivity contribution in [3.8, 4) is 0 Å². The van der Waals surface area contributed by atoms with Gasteiger partial charge in [0, 0.05) is 18.3 Å². The van der Waals surface area contributed by atoms with Crippen LogP contribution in [-0.4, -0.2) is 32.0 Å². The Balaban J connectivity index is 2.15. The molecule has 1 aromatic rings. The van der Waals surface area contributed by atoms with Crippen LogP contribution in [0, 0.1) is 5.82 Å². The lowest BCUT2D eigenvalue weighted by Gasteiger charge is -2.28. The number of aromatic nitrogens is 1. The third kappa shape index (κ3) is 3.04. The Labute approximate surface area is 106 Å². The van der Waals surface area contributed by atoms with E-state index in [0.717, 1.165) is 12.6 Å². The number of sulfonamides is 1. The van der Waals surface area contributed by atoms with Crippen molar-refractivity contribution < 1.29 is 12.8 Å². The Hall–Kier alpha value is -1.05. The summed E-state index contributed by atoms with van der Waals surface area (Å²) < 4.78 is 39.9. The smallest absolute Gasteiger partial charge is 0.261 e. The Morgan fingerprint density at radius 3 is 3.00 bits per heavy atom. The summed E-state index contributed by atoms with van der Waals surface area (Å²) in [6.45, 7) is 2.74. The first-order valence-corrected chi connectivity index (χ1v) is 7.33. The van der Waals surface area contributed by atoms with Crippen molar-refractivity contribution in [3.05, 3.63) is 24.1 Å². The number of halogens is 1. The van der Waals surface area contributed by atoms with Gasteiger partial charge in [-0.3, -0.25) is 0 Å². The summed E-state index contributed by atoms with van der Waals surface area (Å²) in [5.74, 6) is -0.827. The fourth-order valence-electron chi connectivity index (χ4n) is 2.08. The molecule has 100 valence electrons. The number of hydrogen-bond donors (Lipinski definition) is 2. The normalized spacial score (nSPS) is 25.0. The average Bonchev–Trinajstić information content (AvgIpc) is 2.28. The van der Waals surface area contributed by atoms with Crippen LogP contribution in [0.4, 0.5) is 4.39 Å². The lowest BCUT2D eigenvalue weighted by atomic mass is 10.0. The molecule has 1 fully saturated rings. The van der Waals surface area contributed by atoms with Crippen molar-refractivity contribution in [1.82, 2.24) is 15.0 Å². The van der Waals surface area contributed by atoms with E-state index >= 15 is 0 Å². The van der Waals surface area contributed by atoms with E-state index in [2.05, 4.69) is 15.0 Å². The minimum atomic E-state index is -3.88. The van der Waals surface area contributed by atoms with E-state index in [0.29, 0.717) is 12.8 Å². The first-order chi connectivity index (χ1) is 8.49. The SMILES string of the molecule is CC1CC(NS(=O)(=O)c2ncccc2F)CCN1. The fraction of sp³-hybridized carbons (Fsp3) is 0.545. The molecule has 0 aromatic carbocycles. The van der Waals surface area contributed by atoms with Crippen molar-refractivity contribution in [1.29, 1.82) is 0 Å². The number of nitrogens with one attached hydrogen (secondary N) is 2. The molecular formula is C11H16FN3O2S. The van der Waals surface area contributed by atoms with Gasteiger partial charge in [0.2, 0.25) is 5.03 Å². The van der Waals surface area contributed by atoms with Gasteiger partial charge in [-0.15, -0.1) is 0 Å². The van der Waals surface area contributed by atoms with Gasteiger partial charge >= 0.3 is 0 Å². The molecule has 2 atom stereocenters. The summed E-state index contributed by atoms with van der Waals surface area (Å²) in [5, 5.41) is 2.69. The zero-order valence-corrected chi connectivity index (χ0v) is 10.9. The molecule has 1 aromatic heterocycles. The zero-order chi connectivity index (χ0) is 13.2. The molecule has 0 saturated carbocycles. The molecule has 2 rings (SSSR count). The highest BCUT2D eigenvalue weighted by atomic mass is 32.2. The van der Waals surface area contributed by atoms with E-state index in [1.807, 2.05) is 6.92 Å². The van der Waals surface area contributed by atoms with Crippen LogP contribution >= 0.6 is 0 Å². The van der Waals surface area contributed by atoms with Crippen LogP contribution in [0.15, 0.2) is 23.4 Å². The van der Waals surface area contributed by atoms with E-state index < -0.39 is 20.9 Å². The van der Waals surface area contributed by atoms with Crippen molar-refractivity contribution in [2.24, 2.45) is 0 Å². The van der Waals surface area contributed by atoms with Crippen molar-refractivity contribution in [2.45, 2.75) is 36.9 Å². The Morgan fingerprint density at radius 1 is 1.56 bits per heavy atom. The van der Waals surface area contributed by atoms with Crippen molar-refractivity contribution >= 4 is 10.0 Å². The first-order valence-electron chi connectivity index (χ1n) is 5.85. The quantitative estimate of drug-likeness (QED) is 0.848. The van der Waals surface area contributed by atoms with E-state index in [9.17, 15) is 12.8 Å². The molecule has 0 spiro atoms. The summed E-state index contributed by atoms with van der Waals surface area (Å²) in [6.07, 6.45) is 2.65. The van der Waals surface area contributed by atoms with Gasteiger partial charge in [0.05, 0.1) is 0 Å². The molecule has 5 nitrogen and oxygen atoms in total.